The molecule has 0 unspecified atom stereocenters. The number of anilines is 2. The smallest absolute Gasteiger partial charge is 0.279 e. The third-order valence-corrected chi connectivity index (χ3v) is 5.20. The number of H-pyrrole nitrogens is 1. The number of imidazole rings is 1. The Bertz CT molecular complexity index is 1170. The van der Waals surface area contributed by atoms with Gasteiger partial charge in [-0.05, 0) is 56.7 Å². The van der Waals surface area contributed by atoms with Crippen LogP contribution >= 0.6 is 11.6 Å². The monoisotopic (exact) mass is 468 g/mol. The minimum absolute atomic E-state index is 0.0689. The molecule has 3 amide bonds. The Hall–Kier alpha value is -3.69. The van der Waals surface area contributed by atoms with Crippen LogP contribution in [0.2, 0.25) is 5.02 Å². The predicted octanol–water partition coefficient (Wildman–Crippen LogP) is 3.19. The maximum Gasteiger partial charge on any atom is 0.279 e. The van der Waals surface area contributed by atoms with E-state index in [1.165, 1.54) is 11.2 Å². The Morgan fingerprint density at radius 1 is 1.12 bits per heavy atom. The molecule has 2 aromatic carbocycles. The molecule has 10 heteroatoms. The molecule has 1 heterocycles. The second-order valence-corrected chi connectivity index (χ2v) is 8.57. The van der Waals surface area contributed by atoms with Crippen LogP contribution in [0.4, 0.5) is 11.4 Å². The van der Waals surface area contributed by atoms with Crippen molar-refractivity contribution in [2.45, 2.75) is 25.8 Å². The molecule has 3 rings (SSSR count). The van der Waals surface area contributed by atoms with Gasteiger partial charge in [-0.15, -0.1) is 0 Å². The summed E-state index contributed by atoms with van der Waals surface area (Å²) in [5, 5.41) is 3.12. The first-order valence-electron chi connectivity index (χ1n) is 10.2. The van der Waals surface area contributed by atoms with Crippen LogP contribution in [-0.4, -0.2) is 39.8 Å². The molecule has 172 valence electrons. The molecule has 3 aromatic rings. The number of aromatic nitrogens is 2. The van der Waals surface area contributed by atoms with E-state index in [0.29, 0.717) is 28.4 Å². The lowest BCUT2D eigenvalue weighted by Crippen LogP contribution is -2.40. The van der Waals surface area contributed by atoms with Crippen molar-refractivity contribution in [3.63, 3.8) is 0 Å². The zero-order valence-electron chi connectivity index (χ0n) is 18.3. The van der Waals surface area contributed by atoms with Crippen molar-refractivity contribution in [3.8, 4) is 0 Å². The molecule has 1 aromatic heterocycles. The quantitative estimate of drug-likeness (QED) is 0.400. The zero-order chi connectivity index (χ0) is 24.2. The van der Waals surface area contributed by atoms with Crippen LogP contribution in [-0.2, 0) is 0 Å². The van der Waals surface area contributed by atoms with Crippen LogP contribution < -0.4 is 21.7 Å². The first-order chi connectivity index (χ1) is 15.6. The van der Waals surface area contributed by atoms with Crippen molar-refractivity contribution >= 4 is 40.7 Å². The molecular weight excluding hydrogens is 444 g/mol. The minimum atomic E-state index is -0.785. The topological polar surface area (TPSA) is 147 Å². The summed E-state index contributed by atoms with van der Waals surface area (Å²) in [5.41, 5.74) is 12.2. The molecule has 0 bridgehead atoms. The highest BCUT2D eigenvalue weighted by Crippen LogP contribution is 2.23. The summed E-state index contributed by atoms with van der Waals surface area (Å²) >= 11 is 6.09. The summed E-state index contributed by atoms with van der Waals surface area (Å²) in [7, 11) is 0. The van der Waals surface area contributed by atoms with E-state index in [1.807, 2.05) is 13.8 Å². The van der Waals surface area contributed by atoms with Crippen LogP contribution in [0.25, 0.3) is 0 Å². The standard InChI is InChI=1S/C23H25ClN6O3/c1-23(2,26)11-12-30(22(33)19-18(20(25)31)27-13-28-19)15-9-7-14(8-10-15)29-21(32)16-5-3-4-6-17(16)24/h3-10,13H,11-12,26H2,1-2H3,(H2,25,31)(H,27,28)(H,29,32). The van der Waals surface area contributed by atoms with Gasteiger partial charge in [0, 0.05) is 23.5 Å². The molecule has 0 saturated carbocycles. The number of nitrogens with two attached hydrogens (primary N) is 2. The molecule has 9 nitrogen and oxygen atoms in total. The summed E-state index contributed by atoms with van der Waals surface area (Å²) in [6, 6.07) is 13.4. The van der Waals surface area contributed by atoms with Crippen molar-refractivity contribution in [2.24, 2.45) is 11.5 Å². The van der Waals surface area contributed by atoms with Crippen molar-refractivity contribution in [3.05, 3.63) is 76.8 Å². The molecule has 0 aliphatic rings. The van der Waals surface area contributed by atoms with Gasteiger partial charge in [-0.1, -0.05) is 23.7 Å². The number of carbonyl (C=O) groups is 3. The van der Waals surface area contributed by atoms with E-state index >= 15 is 0 Å². The fourth-order valence-corrected chi connectivity index (χ4v) is 3.31. The second-order valence-electron chi connectivity index (χ2n) is 8.17. The van der Waals surface area contributed by atoms with Gasteiger partial charge in [0.2, 0.25) is 0 Å². The summed E-state index contributed by atoms with van der Waals surface area (Å²) in [6.07, 6.45) is 1.73. The zero-order valence-corrected chi connectivity index (χ0v) is 19.0. The Morgan fingerprint density at radius 3 is 2.39 bits per heavy atom. The van der Waals surface area contributed by atoms with Gasteiger partial charge in [0.25, 0.3) is 17.7 Å². The number of aromatic amines is 1. The van der Waals surface area contributed by atoms with Gasteiger partial charge in [0.1, 0.15) is 5.69 Å². The highest BCUT2D eigenvalue weighted by molar-refractivity contribution is 6.34. The maximum absolute atomic E-state index is 13.2. The van der Waals surface area contributed by atoms with E-state index in [9.17, 15) is 14.4 Å². The van der Waals surface area contributed by atoms with Gasteiger partial charge in [-0.2, -0.15) is 0 Å². The van der Waals surface area contributed by atoms with Gasteiger partial charge in [0.05, 0.1) is 16.9 Å². The SMILES string of the molecule is CC(C)(N)CCN(C(=O)c1nc[nH]c1C(N)=O)c1ccc(NC(=O)c2ccccc2Cl)cc1. The minimum Gasteiger partial charge on any atom is -0.364 e. The first kappa shape index (κ1) is 24.0. The normalized spacial score (nSPS) is 11.2. The Kier molecular flexibility index (Phi) is 7.15. The third kappa shape index (κ3) is 5.97. The fraction of sp³-hybridized carbons (Fsp3) is 0.217. The van der Waals surface area contributed by atoms with E-state index in [-0.39, 0.29) is 23.8 Å². The Labute approximate surface area is 196 Å². The lowest BCUT2D eigenvalue weighted by Gasteiger charge is -2.27. The van der Waals surface area contributed by atoms with Gasteiger partial charge < -0.3 is 26.7 Å². The maximum atomic E-state index is 13.2. The molecule has 0 radical (unpaired) electrons. The Morgan fingerprint density at radius 2 is 1.79 bits per heavy atom. The lowest BCUT2D eigenvalue weighted by molar-refractivity contribution is 0.0954. The van der Waals surface area contributed by atoms with Crippen LogP contribution in [0.3, 0.4) is 0 Å². The van der Waals surface area contributed by atoms with Gasteiger partial charge in [0.15, 0.2) is 5.69 Å². The van der Waals surface area contributed by atoms with Crippen LogP contribution in [0, 0.1) is 0 Å². The van der Waals surface area contributed by atoms with E-state index in [2.05, 4.69) is 15.3 Å². The molecule has 0 spiro atoms. The number of primary amides is 1. The molecule has 6 N–H and O–H groups in total. The number of nitrogens with zero attached hydrogens (tertiary/aromatic N) is 2. The number of hydrogen-bond donors (Lipinski definition) is 4. The molecule has 0 fully saturated rings. The fourth-order valence-electron chi connectivity index (χ4n) is 3.09. The second kappa shape index (κ2) is 9.85. The number of amides is 3. The van der Waals surface area contributed by atoms with Crippen molar-refractivity contribution in [1.82, 2.24) is 9.97 Å². The van der Waals surface area contributed by atoms with Crippen molar-refractivity contribution < 1.29 is 14.4 Å². The number of benzene rings is 2. The predicted molar refractivity (Wildman–Crippen MR) is 128 cm³/mol. The molecule has 0 aliphatic carbocycles. The molecule has 0 aliphatic heterocycles. The highest BCUT2D eigenvalue weighted by atomic mass is 35.5. The van der Waals surface area contributed by atoms with Gasteiger partial charge in [-0.25, -0.2) is 4.98 Å². The average molecular weight is 469 g/mol. The van der Waals surface area contributed by atoms with E-state index < -0.39 is 17.4 Å². The summed E-state index contributed by atoms with van der Waals surface area (Å²) < 4.78 is 0. The third-order valence-electron chi connectivity index (χ3n) is 4.87. The summed E-state index contributed by atoms with van der Waals surface area (Å²) in [6.45, 7) is 3.98. The molecule has 33 heavy (non-hydrogen) atoms. The van der Waals surface area contributed by atoms with Crippen molar-refractivity contribution in [1.29, 1.82) is 0 Å². The molecular formula is C23H25ClN6O3. The average Bonchev–Trinajstić information content (AvgIpc) is 3.24. The van der Waals surface area contributed by atoms with Crippen LogP contribution in [0.5, 0.6) is 0 Å². The number of nitrogens with one attached hydrogen (secondary N) is 2. The number of hydrogen-bond acceptors (Lipinski definition) is 5. The molecule has 0 saturated heterocycles. The number of halogens is 1. The van der Waals surface area contributed by atoms with E-state index in [4.69, 9.17) is 23.1 Å². The van der Waals surface area contributed by atoms with E-state index in [0.717, 1.165) is 0 Å². The Balaban J connectivity index is 1.85. The first-order valence-corrected chi connectivity index (χ1v) is 10.5. The summed E-state index contributed by atoms with van der Waals surface area (Å²) in [4.78, 5) is 45.5. The molecule has 0 atom stereocenters. The summed E-state index contributed by atoms with van der Waals surface area (Å²) in [5.74, 6) is -1.64. The van der Waals surface area contributed by atoms with Crippen molar-refractivity contribution in [2.75, 3.05) is 16.8 Å². The van der Waals surface area contributed by atoms with E-state index in [1.54, 1.807) is 48.5 Å². The highest BCUT2D eigenvalue weighted by Gasteiger charge is 2.26. The van der Waals surface area contributed by atoms with Gasteiger partial charge >= 0.3 is 0 Å². The largest absolute Gasteiger partial charge is 0.364 e. The van der Waals surface area contributed by atoms with Crippen LogP contribution in [0.15, 0.2) is 54.9 Å². The number of carbonyl (C=O) groups excluding carboxylic acids is 3. The number of rotatable bonds is 8. The van der Waals surface area contributed by atoms with Crippen LogP contribution in [0.1, 0.15) is 51.6 Å². The lowest BCUT2D eigenvalue weighted by atomic mass is 10.0. The van der Waals surface area contributed by atoms with Gasteiger partial charge in [-0.3, -0.25) is 14.4 Å².